The zero-order valence-electron chi connectivity index (χ0n) is 10.6. The van der Waals surface area contributed by atoms with Gasteiger partial charge in [0.15, 0.2) is 5.13 Å². The highest BCUT2D eigenvalue weighted by molar-refractivity contribution is 7.22. The summed E-state index contributed by atoms with van der Waals surface area (Å²) in [5.74, 6) is 0.622. The number of anilines is 1. The van der Waals surface area contributed by atoms with Crippen molar-refractivity contribution in [3.63, 3.8) is 0 Å². The van der Waals surface area contributed by atoms with Crippen molar-refractivity contribution in [3.05, 3.63) is 24.3 Å². The molecule has 1 unspecified atom stereocenters. The fourth-order valence-electron chi connectivity index (χ4n) is 1.98. The first-order chi connectivity index (χ1) is 8.20. The average Bonchev–Trinajstić information content (AvgIpc) is 2.72. The van der Waals surface area contributed by atoms with Gasteiger partial charge in [-0.1, -0.05) is 30.4 Å². The summed E-state index contributed by atoms with van der Waals surface area (Å²) in [6.07, 6.45) is 0. The molecular formula is C13H19N3S. The third-order valence-electron chi connectivity index (χ3n) is 2.75. The fraction of sp³-hybridized carbons (Fsp3) is 0.462. The Hall–Kier alpha value is -1.13. The van der Waals surface area contributed by atoms with Crippen molar-refractivity contribution in [1.82, 2.24) is 10.3 Å². The van der Waals surface area contributed by atoms with Gasteiger partial charge in [-0.25, -0.2) is 4.98 Å². The molecule has 1 heterocycles. The van der Waals surface area contributed by atoms with Crippen LogP contribution in [0.5, 0.6) is 0 Å². The normalized spacial score (nSPS) is 12.9. The molecule has 1 aromatic carbocycles. The lowest BCUT2D eigenvalue weighted by Crippen LogP contribution is -2.29. The monoisotopic (exact) mass is 249 g/mol. The Balaban J connectivity index is 2.10. The van der Waals surface area contributed by atoms with E-state index < -0.39 is 0 Å². The maximum Gasteiger partial charge on any atom is 0.186 e. The van der Waals surface area contributed by atoms with Gasteiger partial charge >= 0.3 is 0 Å². The van der Waals surface area contributed by atoms with Gasteiger partial charge in [-0.2, -0.15) is 0 Å². The van der Waals surface area contributed by atoms with Crippen molar-refractivity contribution in [2.24, 2.45) is 5.92 Å². The van der Waals surface area contributed by atoms with E-state index >= 15 is 0 Å². The molecule has 17 heavy (non-hydrogen) atoms. The van der Waals surface area contributed by atoms with E-state index in [0.717, 1.165) is 23.7 Å². The van der Waals surface area contributed by atoms with E-state index in [2.05, 4.69) is 47.4 Å². The molecule has 4 heteroatoms. The molecule has 0 saturated carbocycles. The SMILES string of the molecule is CNCC(C)CN(C)c1nc2ccccc2s1. The van der Waals surface area contributed by atoms with Crippen LogP contribution in [0.25, 0.3) is 10.2 Å². The topological polar surface area (TPSA) is 28.2 Å². The standard InChI is InChI=1S/C13H19N3S/c1-10(8-14-2)9-16(3)13-15-11-6-4-5-7-12(11)17-13/h4-7,10,14H,8-9H2,1-3H3. The van der Waals surface area contributed by atoms with Crippen LogP contribution in [0.4, 0.5) is 5.13 Å². The molecule has 1 aromatic heterocycles. The van der Waals surface area contributed by atoms with E-state index in [4.69, 9.17) is 0 Å². The second kappa shape index (κ2) is 5.47. The average molecular weight is 249 g/mol. The molecule has 0 aliphatic heterocycles. The maximum absolute atomic E-state index is 4.65. The van der Waals surface area contributed by atoms with Gasteiger partial charge in [0.25, 0.3) is 0 Å². The number of nitrogens with one attached hydrogen (secondary N) is 1. The van der Waals surface area contributed by atoms with E-state index in [0.29, 0.717) is 5.92 Å². The molecule has 0 spiro atoms. The Morgan fingerprint density at radius 1 is 1.41 bits per heavy atom. The molecule has 92 valence electrons. The van der Waals surface area contributed by atoms with E-state index in [1.165, 1.54) is 4.70 Å². The zero-order chi connectivity index (χ0) is 12.3. The van der Waals surface area contributed by atoms with Gasteiger partial charge in [-0.05, 0) is 31.6 Å². The molecule has 0 fully saturated rings. The first-order valence-corrected chi connectivity index (χ1v) is 6.73. The first-order valence-electron chi connectivity index (χ1n) is 5.92. The van der Waals surface area contributed by atoms with Gasteiger partial charge < -0.3 is 10.2 Å². The van der Waals surface area contributed by atoms with Crippen LogP contribution in [0.1, 0.15) is 6.92 Å². The molecule has 0 radical (unpaired) electrons. The van der Waals surface area contributed by atoms with Gasteiger partial charge in [-0.3, -0.25) is 0 Å². The summed E-state index contributed by atoms with van der Waals surface area (Å²) < 4.78 is 1.26. The lowest BCUT2D eigenvalue weighted by Gasteiger charge is -2.20. The number of hydrogen-bond donors (Lipinski definition) is 1. The molecule has 2 aromatic rings. The van der Waals surface area contributed by atoms with Crippen LogP contribution in [0, 0.1) is 5.92 Å². The second-order valence-corrected chi connectivity index (χ2v) is 5.52. The van der Waals surface area contributed by atoms with E-state index in [1.54, 1.807) is 11.3 Å². The predicted octanol–water partition coefficient (Wildman–Crippen LogP) is 2.59. The van der Waals surface area contributed by atoms with Crippen molar-refractivity contribution in [2.75, 3.05) is 32.1 Å². The quantitative estimate of drug-likeness (QED) is 0.883. The highest BCUT2D eigenvalue weighted by Gasteiger charge is 2.10. The summed E-state index contributed by atoms with van der Waals surface area (Å²) in [5, 5.41) is 4.31. The maximum atomic E-state index is 4.65. The third-order valence-corrected chi connectivity index (χ3v) is 3.90. The van der Waals surface area contributed by atoms with E-state index in [9.17, 15) is 0 Å². The highest BCUT2D eigenvalue weighted by atomic mass is 32.1. The van der Waals surface area contributed by atoms with Crippen LogP contribution >= 0.6 is 11.3 Å². The number of fused-ring (bicyclic) bond motifs is 1. The molecule has 2 rings (SSSR count). The van der Waals surface area contributed by atoms with Crippen LogP contribution in [0.3, 0.4) is 0 Å². The number of aromatic nitrogens is 1. The predicted molar refractivity (Wildman–Crippen MR) is 76.0 cm³/mol. The van der Waals surface area contributed by atoms with Gasteiger partial charge in [-0.15, -0.1) is 0 Å². The van der Waals surface area contributed by atoms with Crippen molar-refractivity contribution in [1.29, 1.82) is 0 Å². The van der Waals surface area contributed by atoms with Gasteiger partial charge in [0.05, 0.1) is 10.2 Å². The Morgan fingerprint density at radius 2 is 2.18 bits per heavy atom. The molecule has 0 aliphatic rings. The number of thiazole rings is 1. The lowest BCUT2D eigenvalue weighted by molar-refractivity contribution is 0.542. The van der Waals surface area contributed by atoms with Crippen molar-refractivity contribution < 1.29 is 0 Å². The lowest BCUT2D eigenvalue weighted by atomic mass is 10.2. The summed E-state index contributed by atoms with van der Waals surface area (Å²) in [5.41, 5.74) is 1.10. The largest absolute Gasteiger partial charge is 0.351 e. The molecule has 3 nitrogen and oxygen atoms in total. The molecule has 0 amide bonds. The molecule has 1 atom stereocenters. The molecule has 0 saturated heterocycles. The molecule has 1 N–H and O–H groups in total. The summed E-state index contributed by atoms with van der Waals surface area (Å²) in [7, 11) is 4.11. The Kier molecular flexibility index (Phi) is 3.97. The number of nitrogens with zero attached hydrogens (tertiary/aromatic N) is 2. The van der Waals surface area contributed by atoms with Crippen LogP contribution in [0.2, 0.25) is 0 Å². The number of para-hydroxylation sites is 1. The van der Waals surface area contributed by atoms with Crippen LogP contribution in [-0.2, 0) is 0 Å². The van der Waals surface area contributed by atoms with Gasteiger partial charge in [0.1, 0.15) is 0 Å². The van der Waals surface area contributed by atoms with Crippen molar-refractivity contribution in [3.8, 4) is 0 Å². The van der Waals surface area contributed by atoms with E-state index in [-0.39, 0.29) is 0 Å². The van der Waals surface area contributed by atoms with Crippen LogP contribution < -0.4 is 10.2 Å². The summed E-state index contributed by atoms with van der Waals surface area (Å²) in [6.45, 7) is 4.32. The zero-order valence-corrected chi connectivity index (χ0v) is 11.4. The summed E-state index contributed by atoms with van der Waals surface area (Å²) >= 11 is 1.76. The summed E-state index contributed by atoms with van der Waals surface area (Å²) in [4.78, 5) is 6.89. The van der Waals surface area contributed by atoms with Crippen molar-refractivity contribution >= 4 is 26.7 Å². The van der Waals surface area contributed by atoms with Gasteiger partial charge in [0.2, 0.25) is 0 Å². The van der Waals surface area contributed by atoms with Crippen LogP contribution in [0.15, 0.2) is 24.3 Å². The van der Waals surface area contributed by atoms with Crippen molar-refractivity contribution in [2.45, 2.75) is 6.92 Å². The smallest absolute Gasteiger partial charge is 0.186 e. The molecule has 0 bridgehead atoms. The second-order valence-electron chi connectivity index (χ2n) is 4.51. The van der Waals surface area contributed by atoms with Gasteiger partial charge in [0, 0.05) is 13.6 Å². The highest BCUT2D eigenvalue weighted by Crippen LogP contribution is 2.27. The number of hydrogen-bond acceptors (Lipinski definition) is 4. The van der Waals surface area contributed by atoms with E-state index in [1.807, 2.05) is 13.1 Å². The fourth-order valence-corrected chi connectivity index (χ4v) is 2.92. The number of benzene rings is 1. The third kappa shape index (κ3) is 2.96. The Labute approximate surface area is 106 Å². The Bertz CT molecular complexity index is 447. The minimum atomic E-state index is 0.622. The molecular weight excluding hydrogens is 230 g/mol. The first kappa shape index (κ1) is 12.3. The van der Waals surface area contributed by atoms with Crippen LogP contribution in [-0.4, -0.2) is 32.2 Å². The Morgan fingerprint density at radius 3 is 2.88 bits per heavy atom. The molecule has 0 aliphatic carbocycles. The number of rotatable bonds is 5. The minimum Gasteiger partial charge on any atom is -0.351 e. The minimum absolute atomic E-state index is 0.622. The summed E-state index contributed by atoms with van der Waals surface area (Å²) in [6, 6.07) is 8.30.